The minimum Gasteiger partial charge on any atom is -0.355 e. The van der Waals surface area contributed by atoms with Crippen LogP contribution in [0.15, 0.2) is 46.7 Å². The molecule has 0 amide bonds. The summed E-state index contributed by atoms with van der Waals surface area (Å²) in [4.78, 5) is 1.40. The summed E-state index contributed by atoms with van der Waals surface area (Å²) in [6.07, 6.45) is 0. The second kappa shape index (κ2) is 7.39. The highest BCUT2D eigenvalue weighted by molar-refractivity contribution is 7.89. The molecule has 1 atom stereocenters. The van der Waals surface area contributed by atoms with Gasteiger partial charge in [0.1, 0.15) is 0 Å². The monoisotopic (exact) mass is 369 g/mol. The average molecular weight is 370 g/mol. The number of nitrogens with one attached hydrogen (secondary N) is 2. The zero-order chi connectivity index (χ0) is 17.0. The standard InChI is InChI=1S/C15H19N3O2S3/c1-11(14-8-5-9-22-14)16-15(21)17-12-6-4-7-13(10-12)23(19,20)18(2)3/h4-11H,1-3H3,(H2,16,17,21)/t11-/m0/s1. The van der Waals surface area contributed by atoms with E-state index in [0.717, 1.165) is 0 Å². The molecule has 0 aliphatic carbocycles. The summed E-state index contributed by atoms with van der Waals surface area (Å²) in [6, 6.07) is 10.7. The van der Waals surface area contributed by atoms with E-state index in [-0.39, 0.29) is 10.9 Å². The number of thiocarbonyl (C=S) groups is 1. The lowest BCUT2D eigenvalue weighted by molar-refractivity contribution is 0.521. The smallest absolute Gasteiger partial charge is 0.242 e. The van der Waals surface area contributed by atoms with Crippen molar-refractivity contribution >= 4 is 44.4 Å². The van der Waals surface area contributed by atoms with Crippen molar-refractivity contribution in [3.63, 3.8) is 0 Å². The summed E-state index contributed by atoms with van der Waals surface area (Å²) in [6.45, 7) is 2.02. The van der Waals surface area contributed by atoms with Crippen molar-refractivity contribution in [2.24, 2.45) is 0 Å². The second-order valence-corrected chi connectivity index (χ2v) is 8.69. The van der Waals surface area contributed by atoms with Gasteiger partial charge in [-0.25, -0.2) is 12.7 Å². The highest BCUT2D eigenvalue weighted by Gasteiger charge is 2.17. The van der Waals surface area contributed by atoms with Gasteiger partial charge in [0.2, 0.25) is 10.0 Å². The van der Waals surface area contributed by atoms with Gasteiger partial charge in [0, 0.05) is 24.7 Å². The molecule has 0 aliphatic rings. The normalized spacial score (nSPS) is 12.9. The molecule has 0 saturated heterocycles. The molecular weight excluding hydrogens is 350 g/mol. The first-order chi connectivity index (χ1) is 10.8. The Hall–Kier alpha value is -1.48. The molecule has 0 radical (unpaired) electrons. The van der Waals surface area contributed by atoms with E-state index < -0.39 is 10.0 Å². The van der Waals surface area contributed by atoms with E-state index in [1.807, 2.05) is 24.4 Å². The fourth-order valence-corrected chi connectivity index (χ4v) is 3.89. The van der Waals surface area contributed by atoms with Gasteiger partial charge < -0.3 is 10.6 Å². The van der Waals surface area contributed by atoms with Crippen LogP contribution in [0.3, 0.4) is 0 Å². The first-order valence-corrected chi connectivity index (χ1v) is 9.67. The average Bonchev–Trinajstić information content (AvgIpc) is 3.01. The minimum absolute atomic E-state index is 0.0868. The third-order valence-electron chi connectivity index (χ3n) is 3.19. The van der Waals surface area contributed by atoms with E-state index in [4.69, 9.17) is 12.2 Å². The molecule has 124 valence electrons. The molecule has 0 spiro atoms. The van der Waals surface area contributed by atoms with Crippen LogP contribution in [0.2, 0.25) is 0 Å². The Morgan fingerprint density at radius 3 is 2.61 bits per heavy atom. The quantitative estimate of drug-likeness (QED) is 0.793. The van der Waals surface area contributed by atoms with Crippen molar-refractivity contribution in [1.82, 2.24) is 9.62 Å². The molecule has 1 aromatic heterocycles. The van der Waals surface area contributed by atoms with Crippen LogP contribution in [0, 0.1) is 0 Å². The molecule has 0 aliphatic heterocycles. The summed E-state index contributed by atoms with van der Waals surface area (Å²) >= 11 is 6.95. The van der Waals surface area contributed by atoms with Gasteiger partial charge in [-0.1, -0.05) is 12.1 Å². The number of anilines is 1. The number of rotatable bonds is 5. The predicted molar refractivity (Wildman–Crippen MR) is 99.4 cm³/mol. The molecule has 0 bridgehead atoms. The highest BCUT2D eigenvalue weighted by Crippen LogP contribution is 2.20. The van der Waals surface area contributed by atoms with Crippen molar-refractivity contribution in [3.05, 3.63) is 46.7 Å². The third-order valence-corrected chi connectivity index (χ3v) is 6.27. The number of hydrogen-bond donors (Lipinski definition) is 2. The lowest BCUT2D eigenvalue weighted by Gasteiger charge is -2.17. The van der Waals surface area contributed by atoms with E-state index >= 15 is 0 Å². The Morgan fingerprint density at radius 2 is 2.00 bits per heavy atom. The SMILES string of the molecule is C[C@H](NC(=S)Nc1cccc(S(=O)(=O)N(C)C)c1)c1cccs1. The number of thiophene rings is 1. The molecule has 0 unspecified atom stereocenters. The van der Waals surface area contributed by atoms with Gasteiger partial charge in [0.25, 0.3) is 0 Å². The van der Waals surface area contributed by atoms with E-state index in [1.54, 1.807) is 35.6 Å². The molecule has 5 nitrogen and oxygen atoms in total. The van der Waals surface area contributed by atoms with Crippen molar-refractivity contribution in [2.45, 2.75) is 17.9 Å². The highest BCUT2D eigenvalue weighted by atomic mass is 32.2. The summed E-state index contributed by atoms with van der Waals surface area (Å²) in [7, 11) is -0.454. The maximum atomic E-state index is 12.2. The summed E-state index contributed by atoms with van der Waals surface area (Å²) in [5.41, 5.74) is 0.629. The van der Waals surface area contributed by atoms with Gasteiger partial charge in [-0.3, -0.25) is 0 Å². The topological polar surface area (TPSA) is 61.4 Å². The summed E-state index contributed by atoms with van der Waals surface area (Å²) < 4.78 is 25.5. The molecule has 23 heavy (non-hydrogen) atoms. The molecule has 2 aromatic rings. The molecular formula is C15H19N3O2S3. The molecule has 0 saturated carbocycles. The Morgan fingerprint density at radius 1 is 1.26 bits per heavy atom. The second-order valence-electron chi connectivity index (χ2n) is 5.15. The Balaban J connectivity index is 2.07. The molecule has 8 heteroatoms. The van der Waals surface area contributed by atoms with Crippen LogP contribution in [-0.4, -0.2) is 31.9 Å². The van der Waals surface area contributed by atoms with Crippen LogP contribution in [-0.2, 0) is 10.0 Å². The van der Waals surface area contributed by atoms with Gasteiger partial charge >= 0.3 is 0 Å². The number of nitrogens with zero attached hydrogens (tertiary/aromatic N) is 1. The molecule has 1 aromatic carbocycles. The predicted octanol–water partition coefficient (Wildman–Crippen LogP) is 3.05. The van der Waals surface area contributed by atoms with Crippen LogP contribution in [0.4, 0.5) is 5.69 Å². The zero-order valence-electron chi connectivity index (χ0n) is 13.1. The van der Waals surface area contributed by atoms with Crippen LogP contribution in [0.5, 0.6) is 0 Å². The maximum absolute atomic E-state index is 12.2. The molecule has 2 N–H and O–H groups in total. The Labute approximate surface area is 146 Å². The fraction of sp³-hybridized carbons (Fsp3) is 0.267. The van der Waals surface area contributed by atoms with E-state index in [1.165, 1.54) is 23.3 Å². The summed E-state index contributed by atoms with van der Waals surface area (Å²) in [5, 5.41) is 8.67. The lowest BCUT2D eigenvalue weighted by atomic mass is 10.3. The largest absolute Gasteiger partial charge is 0.355 e. The fourth-order valence-electron chi connectivity index (χ4n) is 1.92. The van der Waals surface area contributed by atoms with Crippen molar-refractivity contribution in [3.8, 4) is 0 Å². The lowest BCUT2D eigenvalue weighted by Crippen LogP contribution is -2.30. The molecule has 2 rings (SSSR count). The third kappa shape index (κ3) is 4.51. The number of sulfonamides is 1. The van der Waals surface area contributed by atoms with Gasteiger partial charge in [-0.05, 0) is 48.8 Å². The van der Waals surface area contributed by atoms with E-state index in [0.29, 0.717) is 10.8 Å². The van der Waals surface area contributed by atoms with Crippen LogP contribution < -0.4 is 10.6 Å². The van der Waals surface area contributed by atoms with E-state index in [2.05, 4.69) is 10.6 Å². The van der Waals surface area contributed by atoms with E-state index in [9.17, 15) is 8.42 Å². The van der Waals surface area contributed by atoms with Crippen LogP contribution in [0.25, 0.3) is 0 Å². The van der Waals surface area contributed by atoms with Crippen molar-refractivity contribution < 1.29 is 8.42 Å². The van der Waals surface area contributed by atoms with Gasteiger partial charge in [0.05, 0.1) is 10.9 Å². The first kappa shape index (κ1) is 17.9. The van der Waals surface area contributed by atoms with Crippen molar-refractivity contribution in [1.29, 1.82) is 0 Å². The Kier molecular flexibility index (Phi) is 5.74. The van der Waals surface area contributed by atoms with Crippen molar-refractivity contribution in [2.75, 3.05) is 19.4 Å². The van der Waals surface area contributed by atoms with Gasteiger partial charge in [-0.2, -0.15) is 0 Å². The zero-order valence-corrected chi connectivity index (χ0v) is 15.6. The maximum Gasteiger partial charge on any atom is 0.242 e. The first-order valence-electron chi connectivity index (χ1n) is 6.94. The van der Waals surface area contributed by atoms with Crippen LogP contribution >= 0.6 is 23.6 Å². The Bertz CT molecular complexity index is 771. The summed E-state index contributed by atoms with van der Waals surface area (Å²) in [5.74, 6) is 0. The van der Waals surface area contributed by atoms with Gasteiger partial charge in [0.15, 0.2) is 5.11 Å². The van der Waals surface area contributed by atoms with Crippen LogP contribution in [0.1, 0.15) is 17.8 Å². The molecule has 0 fully saturated rings. The number of benzene rings is 1. The van der Waals surface area contributed by atoms with Gasteiger partial charge in [-0.15, -0.1) is 11.3 Å². The molecule has 1 heterocycles. The number of hydrogen-bond acceptors (Lipinski definition) is 4. The minimum atomic E-state index is -3.46.